The number of hydrogen-bond donors (Lipinski definition) is 2. The number of halogens is 1. The van der Waals surface area contributed by atoms with Gasteiger partial charge in [0.1, 0.15) is 0 Å². The number of aryl methyl sites for hydroxylation is 1. The molecule has 3 N–H and O–H groups in total. The smallest absolute Gasteiger partial charge is 0.212 e. The maximum Gasteiger partial charge on any atom is 0.212 e. The van der Waals surface area contributed by atoms with Crippen molar-refractivity contribution in [3.05, 3.63) is 69.7 Å². The van der Waals surface area contributed by atoms with Gasteiger partial charge in [0.25, 0.3) is 0 Å². The molecule has 0 amide bonds. The Kier molecular flexibility index (Phi) is 6.54. The van der Waals surface area contributed by atoms with Gasteiger partial charge >= 0.3 is 0 Å². The fourth-order valence-corrected chi connectivity index (χ4v) is 6.59. The Bertz CT molecular complexity index is 1000. The molecule has 0 aliphatic heterocycles. The van der Waals surface area contributed by atoms with Crippen LogP contribution < -0.4 is 10.5 Å². The maximum atomic E-state index is 12.0. The minimum atomic E-state index is -3.48. The average molecular weight is 447 g/mol. The lowest BCUT2D eigenvalue weighted by molar-refractivity contribution is 0.436. The molecular weight excluding hydrogens is 416 g/mol. The number of fused-ring (bicyclic) bond motifs is 1. The van der Waals surface area contributed by atoms with Crippen LogP contribution in [-0.4, -0.2) is 27.3 Å². The van der Waals surface area contributed by atoms with Crippen LogP contribution in [-0.2, 0) is 29.3 Å². The van der Waals surface area contributed by atoms with E-state index in [4.69, 9.17) is 16.7 Å². The third-order valence-corrected chi connectivity index (χ3v) is 8.46. The number of hydrogen-bond acceptors (Lipinski definition) is 3. The molecule has 162 valence electrons. The number of sulfonamides is 1. The molecule has 2 aliphatic carbocycles. The van der Waals surface area contributed by atoms with Gasteiger partial charge in [-0.15, -0.1) is 0 Å². The summed E-state index contributed by atoms with van der Waals surface area (Å²) in [5.41, 5.74) is 5.29. The Morgan fingerprint density at radius 3 is 2.63 bits per heavy atom. The van der Waals surface area contributed by atoms with Crippen LogP contribution in [0.3, 0.4) is 0 Å². The molecule has 2 aromatic carbocycles. The Balaban J connectivity index is 1.54. The fraction of sp³-hybridized carbons (Fsp3) is 0.500. The molecule has 6 heteroatoms. The molecule has 4 rings (SSSR count). The van der Waals surface area contributed by atoms with E-state index in [1.165, 1.54) is 22.3 Å². The first-order valence-electron chi connectivity index (χ1n) is 10.9. The second-order valence-electron chi connectivity index (χ2n) is 9.00. The summed E-state index contributed by atoms with van der Waals surface area (Å²) >= 11 is 6.22. The second-order valence-corrected chi connectivity index (χ2v) is 11.2. The Hall–Kier alpha value is -1.40. The van der Waals surface area contributed by atoms with Crippen molar-refractivity contribution in [3.63, 3.8) is 0 Å². The van der Waals surface area contributed by atoms with Gasteiger partial charge in [0.15, 0.2) is 0 Å². The first kappa shape index (κ1) is 21.8. The molecule has 0 saturated heterocycles. The van der Waals surface area contributed by atoms with Crippen molar-refractivity contribution in [3.8, 4) is 0 Å². The van der Waals surface area contributed by atoms with E-state index in [0.29, 0.717) is 18.3 Å². The molecule has 0 bridgehead atoms. The molecular formula is C24H31ClN2O2S. The molecule has 3 unspecified atom stereocenters. The van der Waals surface area contributed by atoms with E-state index in [-0.39, 0.29) is 5.92 Å². The molecule has 0 radical (unpaired) electrons. The predicted molar refractivity (Wildman–Crippen MR) is 123 cm³/mol. The number of primary sulfonamides is 1. The second kappa shape index (κ2) is 8.99. The van der Waals surface area contributed by atoms with E-state index >= 15 is 0 Å². The van der Waals surface area contributed by atoms with Crippen molar-refractivity contribution in [2.24, 2.45) is 17.0 Å². The number of rotatable bonds is 9. The van der Waals surface area contributed by atoms with Gasteiger partial charge in [0.2, 0.25) is 10.0 Å². The lowest BCUT2D eigenvalue weighted by atomic mass is 9.86. The summed E-state index contributed by atoms with van der Waals surface area (Å²) in [4.78, 5) is 0. The lowest BCUT2D eigenvalue weighted by Crippen LogP contribution is -2.30. The summed E-state index contributed by atoms with van der Waals surface area (Å²) in [5.74, 6) is 1.23. The standard InChI is InChI=1S/C24H31ClN2O2S/c1-27-15-20-14-19-7-5-16(6-10-24(18-8-9-18)30(26,28)29)12-22(19)23(20)13-17-3-2-4-21(25)11-17/h2-5,7,11-12,18,20,23-24,27H,6,8-10,13-15H2,1H3,(H2,26,28,29). The van der Waals surface area contributed by atoms with E-state index in [9.17, 15) is 8.42 Å². The van der Waals surface area contributed by atoms with Gasteiger partial charge in [-0.05, 0) is 104 Å². The van der Waals surface area contributed by atoms with E-state index in [0.717, 1.165) is 43.7 Å². The van der Waals surface area contributed by atoms with Crippen LogP contribution in [0.4, 0.5) is 0 Å². The summed E-state index contributed by atoms with van der Waals surface area (Å²) in [6.45, 7) is 0.977. The van der Waals surface area contributed by atoms with E-state index in [1.54, 1.807) is 0 Å². The first-order chi connectivity index (χ1) is 14.3. The van der Waals surface area contributed by atoms with Gasteiger partial charge < -0.3 is 5.32 Å². The topological polar surface area (TPSA) is 72.2 Å². The van der Waals surface area contributed by atoms with Gasteiger partial charge in [0.05, 0.1) is 5.25 Å². The number of benzene rings is 2. The highest BCUT2D eigenvalue weighted by molar-refractivity contribution is 7.89. The van der Waals surface area contributed by atoms with Crippen LogP contribution in [0.25, 0.3) is 0 Å². The zero-order valence-corrected chi connectivity index (χ0v) is 19.1. The van der Waals surface area contributed by atoms with Crippen molar-refractivity contribution < 1.29 is 8.42 Å². The van der Waals surface area contributed by atoms with Crippen molar-refractivity contribution in [1.82, 2.24) is 5.32 Å². The zero-order valence-electron chi connectivity index (χ0n) is 17.5. The molecule has 30 heavy (non-hydrogen) atoms. The Morgan fingerprint density at radius 2 is 1.97 bits per heavy atom. The van der Waals surface area contributed by atoms with Crippen LogP contribution in [0.2, 0.25) is 5.02 Å². The van der Waals surface area contributed by atoms with Crippen molar-refractivity contribution in [2.75, 3.05) is 13.6 Å². The molecule has 3 atom stereocenters. The summed E-state index contributed by atoms with van der Waals surface area (Å²) in [5, 5.41) is 9.24. The van der Waals surface area contributed by atoms with Crippen LogP contribution >= 0.6 is 11.6 Å². The highest BCUT2D eigenvalue weighted by Crippen LogP contribution is 2.41. The largest absolute Gasteiger partial charge is 0.319 e. The number of nitrogens with two attached hydrogens (primary N) is 1. The van der Waals surface area contributed by atoms with E-state index in [2.05, 4.69) is 35.6 Å². The third kappa shape index (κ3) is 5.08. The summed E-state index contributed by atoms with van der Waals surface area (Å²) < 4.78 is 24.0. The summed E-state index contributed by atoms with van der Waals surface area (Å²) in [6, 6.07) is 14.9. The lowest BCUT2D eigenvalue weighted by Gasteiger charge is -2.21. The first-order valence-corrected chi connectivity index (χ1v) is 12.9. The minimum Gasteiger partial charge on any atom is -0.319 e. The number of nitrogens with one attached hydrogen (secondary N) is 1. The quantitative estimate of drug-likeness (QED) is 0.610. The van der Waals surface area contributed by atoms with E-state index in [1.807, 2.05) is 19.2 Å². The summed E-state index contributed by atoms with van der Waals surface area (Å²) in [6.07, 6.45) is 5.37. The summed E-state index contributed by atoms with van der Waals surface area (Å²) in [7, 11) is -1.47. The van der Waals surface area contributed by atoms with Gasteiger partial charge in [-0.3, -0.25) is 0 Å². The molecule has 0 heterocycles. The van der Waals surface area contributed by atoms with Crippen molar-refractivity contribution in [2.45, 2.75) is 49.7 Å². The van der Waals surface area contributed by atoms with Crippen molar-refractivity contribution in [1.29, 1.82) is 0 Å². The van der Waals surface area contributed by atoms with Gasteiger partial charge in [0, 0.05) is 5.02 Å². The van der Waals surface area contributed by atoms with Crippen LogP contribution in [0.5, 0.6) is 0 Å². The normalized spacial score (nSPS) is 22.1. The Labute approximate surface area is 185 Å². The van der Waals surface area contributed by atoms with Gasteiger partial charge in [-0.1, -0.05) is 41.9 Å². The molecule has 2 aromatic rings. The van der Waals surface area contributed by atoms with Crippen LogP contribution in [0, 0.1) is 11.8 Å². The average Bonchev–Trinajstić information content (AvgIpc) is 3.45. The SMILES string of the molecule is CNCC1Cc2ccc(CCC(C3CC3)S(N)(=O)=O)cc2C1Cc1cccc(Cl)c1. The molecule has 4 nitrogen and oxygen atoms in total. The van der Waals surface area contributed by atoms with E-state index < -0.39 is 15.3 Å². The Morgan fingerprint density at radius 1 is 1.17 bits per heavy atom. The van der Waals surface area contributed by atoms with Gasteiger partial charge in [-0.2, -0.15) is 0 Å². The van der Waals surface area contributed by atoms with Gasteiger partial charge in [-0.25, -0.2) is 13.6 Å². The molecule has 0 aromatic heterocycles. The highest BCUT2D eigenvalue weighted by Gasteiger charge is 2.38. The zero-order chi connectivity index (χ0) is 21.3. The van der Waals surface area contributed by atoms with Crippen molar-refractivity contribution >= 4 is 21.6 Å². The molecule has 1 fully saturated rings. The van der Waals surface area contributed by atoms with Crippen LogP contribution in [0.15, 0.2) is 42.5 Å². The molecule has 1 saturated carbocycles. The molecule has 2 aliphatic rings. The molecule has 0 spiro atoms. The highest BCUT2D eigenvalue weighted by atomic mass is 35.5. The maximum absolute atomic E-state index is 12.0. The monoisotopic (exact) mass is 446 g/mol. The third-order valence-electron chi connectivity index (χ3n) is 6.76. The minimum absolute atomic E-state index is 0.255. The van der Waals surface area contributed by atoms with Crippen LogP contribution in [0.1, 0.15) is 47.4 Å². The predicted octanol–water partition coefficient (Wildman–Crippen LogP) is 4.06. The fourth-order valence-electron chi connectivity index (χ4n) is 5.13.